The number of benzene rings is 1. The highest BCUT2D eigenvalue weighted by Crippen LogP contribution is 2.24. The maximum atomic E-state index is 9.29. The van der Waals surface area contributed by atoms with E-state index >= 15 is 0 Å². The van der Waals surface area contributed by atoms with Gasteiger partial charge in [0.1, 0.15) is 0 Å². The molecule has 0 fully saturated rings. The van der Waals surface area contributed by atoms with Gasteiger partial charge >= 0.3 is 0 Å². The van der Waals surface area contributed by atoms with Gasteiger partial charge in [0.15, 0.2) is 0 Å². The highest BCUT2D eigenvalue weighted by molar-refractivity contribution is 5.54. The van der Waals surface area contributed by atoms with E-state index in [4.69, 9.17) is 5.73 Å². The lowest BCUT2D eigenvalue weighted by Crippen LogP contribution is -2.05. The number of aliphatic hydroxyl groups is 1. The van der Waals surface area contributed by atoms with Crippen LogP contribution >= 0.6 is 0 Å². The molecule has 3 N–H and O–H groups in total. The molecule has 2 heteroatoms. The second-order valence-electron chi connectivity index (χ2n) is 3.06. The van der Waals surface area contributed by atoms with E-state index in [2.05, 4.69) is 6.07 Å². The summed E-state index contributed by atoms with van der Waals surface area (Å²) in [6, 6.07) is 5.87. The quantitative estimate of drug-likeness (QED) is 0.570. The normalized spacial score (nSPS) is 15.2. The number of hydrogen-bond donors (Lipinski definition) is 2. The summed E-state index contributed by atoms with van der Waals surface area (Å²) in [6.45, 7) is 0. The van der Waals surface area contributed by atoms with Crippen LogP contribution in [-0.2, 0) is 12.8 Å². The number of rotatable bonds is 0. The van der Waals surface area contributed by atoms with Crippen LogP contribution in [0.1, 0.15) is 11.1 Å². The van der Waals surface area contributed by atoms with Crippen LogP contribution in [-0.4, -0.2) is 5.11 Å². The van der Waals surface area contributed by atoms with Gasteiger partial charge < -0.3 is 10.8 Å². The summed E-state index contributed by atoms with van der Waals surface area (Å²) >= 11 is 0. The molecule has 0 bridgehead atoms. The fourth-order valence-electron chi connectivity index (χ4n) is 1.54. The largest absolute Gasteiger partial charge is 0.512 e. The first-order chi connectivity index (χ1) is 5.77. The van der Waals surface area contributed by atoms with Crippen molar-refractivity contribution in [2.24, 2.45) is 0 Å². The summed E-state index contributed by atoms with van der Waals surface area (Å²) in [5, 5.41) is 9.29. The predicted molar refractivity (Wildman–Crippen MR) is 49.0 cm³/mol. The first kappa shape index (κ1) is 7.22. The van der Waals surface area contributed by atoms with Crippen LogP contribution < -0.4 is 5.73 Å². The van der Waals surface area contributed by atoms with Crippen molar-refractivity contribution in [2.75, 3.05) is 5.73 Å². The zero-order chi connectivity index (χ0) is 8.55. The van der Waals surface area contributed by atoms with Gasteiger partial charge in [-0.15, -0.1) is 0 Å². The van der Waals surface area contributed by atoms with Crippen molar-refractivity contribution in [2.45, 2.75) is 12.8 Å². The Hall–Kier alpha value is -1.44. The minimum absolute atomic E-state index is 0.431. The molecule has 0 unspecified atom stereocenters. The van der Waals surface area contributed by atoms with Gasteiger partial charge in [0.2, 0.25) is 0 Å². The molecule has 1 aromatic carbocycles. The molecule has 0 spiro atoms. The van der Waals surface area contributed by atoms with Crippen molar-refractivity contribution in [3.8, 4) is 0 Å². The SMILES string of the molecule is Nc1cccc2c1CC(O)=CC2. The van der Waals surface area contributed by atoms with Crippen LogP contribution in [0.25, 0.3) is 0 Å². The summed E-state index contributed by atoms with van der Waals surface area (Å²) in [4.78, 5) is 0. The lowest BCUT2D eigenvalue weighted by Gasteiger charge is -2.14. The molecule has 0 atom stereocenters. The van der Waals surface area contributed by atoms with Crippen molar-refractivity contribution in [1.82, 2.24) is 0 Å². The zero-order valence-electron chi connectivity index (χ0n) is 6.75. The highest BCUT2D eigenvalue weighted by atomic mass is 16.3. The zero-order valence-corrected chi connectivity index (χ0v) is 6.75. The molecule has 0 radical (unpaired) electrons. The second-order valence-corrected chi connectivity index (χ2v) is 3.06. The van der Waals surface area contributed by atoms with Gasteiger partial charge in [-0.05, 0) is 29.7 Å². The molecule has 0 saturated heterocycles. The van der Waals surface area contributed by atoms with Crippen molar-refractivity contribution >= 4 is 5.69 Å². The molecule has 12 heavy (non-hydrogen) atoms. The van der Waals surface area contributed by atoms with E-state index in [1.807, 2.05) is 18.2 Å². The molecule has 1 aliphatic carbocycles. The highest BCUT2D eigenvalue weighted by Gasteiger charge is 2.11. The third kappa shape index (κ3) is 1.05. The van der Waals surface area contributed by atoms with Crippen molar-refractivity contribution in [3.05, 3.63) is 41.2 Å². The third-order valence-electron chi connectivity index (χ3n) is 2.22. The average molecular weight is 161 g/mol. The van der Waals surface area contributed by atoms with Crippen LogP contribution in [0.15, 0.2) is 30.0 Å². The molecule has 0 aromatic heterocycles. The van der Waals surface area contributed by atoms with Gasteiger partial charge in [0.25, 0.3) is 0 Å². The maximum Gasteiger partial charge on any atom is 0.0930 e. The van der Waals surface area contributed by atoms with E-state index in [0.29, 0.717) is 12.2 Å². The fraction of sp³-hybridized carbons (Fsp3) is 0.200. The molecule has 0 amide bonds. The predicted octanol–water partition coefficient (Wildman–Crippen LogP) is 1.81. The molecular formula is C10H11NO. The number of nitrogen functional groups attached to an aromatic ring is 1. The smallest absolute Gasteiger partial charge is 0.0930 e. The molecule has 2 rings (SSSR count). The number of nitrogens with two attached hydrogens (primary N) is 1. The van der Waals surface area contributed by atoms with Gasteiger partial charge in [-0.25, -0.2) is 0 Å². The molecule has 0 aliphatic heterocycles. The Bertz CT molecular complexity index is 342. The Kier molecular flexibility index (Phi) is 1.54. The molecule has 1 aliphatic rings. The van der Waals surface area contributed by atoms with E-state index in [-0.39, 0.29) is 0 Å². The minimum atomic E-state index is 0.431. The first-order valence-corrected chi connectivity index (χ1v) is 4.01. The summed E-state index contributed by atoms with van der Waals surface area (Å²) in [5.74, 6) is 0.431. The lowest BCUT2D eigenvalue weighted by atomic mass is 9.94. The van der Waals surface area contributed by atoms with Crippen molar-refractivity contribution < 1.29 is 5.11 Å². The van der Waals surface area contributed by atoms with Crippen LogP contribution in [0.5, 0.6) is 0 Å². The third-order valence-corrected chi connectivity index (χ3v) is 2.22. The maximum absolute atomic E-state index is 9.29. The Labute approximate surface area is 71.3 Å². The van der Waals surface area contributed by atoms with Gasteiger partial charge in [0.05, 0.1) is 5.76 Å². The fourth-order valence-corrected chi connectivity index (χ4v) is 1.54. The topological polar surface area (TPSA) is 46.2 Å². The van der Waals surface area contributed by atoms with Crippen LogP contribution in [0.2, 0.25) is 0 Å². The number of fused-ring (bicyclic) bond motifs is 1. The molecule has 62 valence electrons. The van der Waals surface area contributed by atoms with Crippen LogP contribution in [0.3, 0.4) is 0 Å². The van der Waals surface area contributed by atoms with E-state index in [1.54, 1.807) is 0 Å². The number of anilines is 1. The Balaban J connectivity index is 2.49. The van der Waals surface area contributed by atoms with Gasteiger partial charge in [-0.3, -0.25) is 0 Å². The Morgan fingerprint density at radius 1 is 1.33 bits per heavy atom. The Morgan fingerprint density at radius 3 is 3.00 bits per heavy atom. The van der Waals surface area contributed by atoms with Gasteiger partial charge in [-0.2, -0.15) is 0 Å². The van der Waals surface area contributed by atoms with Gasteiger partial charge in [0, 0.05) is 12.1 Å². The Morgan fingerprint density at radius 2 is 2.17 bits per heavy atom. The van der Waals surface area contributed by atoms with E-state index < -0.39 is 0 Å². The molecule has 2 nitrogen and oxygen atoms in total. The van der Waals surface area contributed by atoms with E-state index in [9.17, 15) is 5.11 Å². The number of hydrogen-bond acceptors (Lipinski definition) is 2. The lowest BCUT2D eigenvalue weighted by molar-refractivity contribution is 0.393. The molecule has 0 saturated carbocycles. The standard InChI is InChI=1S/C10H11NO/c11-10-3-1-2-7-4-5-8(12)6-9(7)10/h1-3,5,12H,4,6,11H2. The summed E-state index contributed by atoms with van der Waals surface area (Å²) < 4.78 is 0. The summed E-state index contributed by atoms with van der Waals surface area (Å²) in [6.07, 6.45) is 3.22. The summed E-state index contributed by atoms with van der Waals surface area (Å²) in [7, 11) is 0. The second kappa shape index (κ2) is 2.55. The molecular weight excluding hydrogens is 150 g/mol. The van der Waals surface area contributed by atoms with Crippen LogP contribution in [0, 0.1) is 0 Å². The minimum Gasteiger partial charge on any atom is -0.512 e. The number of allylic oxidation sites excluding steroid dienone is 2. The van der Waals surface area contributed by atoms with Crippen molar-refractivity contribution in [1.29, 1.82) is 0 Å². The van der Waals surface area contributed by atoms with Gasteiger partial charge in [-0.1, -0.05) is 12.1 Å². The van der Waals surface area contributed by atoms with E-state index in [1.165, 1.54) is 5.56 Å². The molecule has 0 heterocycles. The average Bonchev–Trinajstić information content (AvgIpc) is 2.07. The monoisotopic (exact) mass is 161 g/mol. The van der Waals surface area contributed by atoms with Crippen LogP contribution in [0.4, 0.5) is 5.69 Å². The van der Waals surface area contributed by atoms with E-state index in [0.717, 1.165) is 17.7 Å². The summed E-state index contributed by atoms with van der Waals surface area (Å²) in [5.41, 5.74) is 8.86. The number of aliphatic hydroxyl groups excluding tert-OH is 1. The first-order valence-electron chi connectivity index (χ1n) is 4.01. The molecule has 1 aromatic rings. The van der Waals surface area contributed by atoms with Crippen molar-refractivity contribution in [3.63, 3.8) is 0 Å².